The average Bonchev–Trinajstić information content (AvgIpc) is 0.729. The molecule has 0 spiro atoms. The highest BCUT2D eigenvalue weighted by Gasteiger charge is 2.27. The summed E-state index contributed by atoms with van der Waals surface area (Å²) in [6, 6.07) is 108. The first-order valence-electron chi connectivity index (χ1n) is 45.4. The Kier molecular flexibility index (Phi) is 23.6. The van der Waals surface area contributed by atoms with Gasteiger partial charge in [0.25, 0.3) is 0 Å². The second kappa shape index (κ2) is 37.6. The van der Waals surface area contributed by atoms with E-state index < -0.39 is 0 Å². The second-order valence-corrected chi connectivity index (χ2v) is 34.2. The van der Waals surface area contributed by atoms with Gasteiger partial charge in [-0.1, -0.05) is 158 Å². The number of aryl methyl sites for hydroxylation is 4. The number of phenols is 6. The van der Waals surface area contributed by atoms with Crippen molar-refractivity contribution >= 4 is 65.4 Å². The van der Waals surface area contributed by atoms with Gasteiger partial charge >= 0.3 is 0 Å². The number of methoxy groups -OCH3 is 2. The topological polar surface area (TPSA) is 295 Å². The van der Waals surface area contributed by atoms with Gasteiger partial charge in [-0.15, -0.1) is 0 Å². The van der Waals surface area contributed by atoms with Crippen LogP contribution >= 0.6 is 0 Å². The Bertz CT molecular complexity index is 8240. The molecule has 0 aliphatic heterocycles. The molecule has 23 rings (SSSR count). The van der Waals surface area contributed by atoms with Crippen molar-refractivity contribution in [1.82, 2.24) is 59.8 Å². The fraction of sp³-hybridized carbons (Fsp3) is 0.0500. The monoisotopic (exact) mass is 1820 g/mol. The molecule has 0 saturated carbocycles. The third-order valence-corrected chi connectivity index (χ3v) is 24.9. The molecule has 11 aromatic carbocycles. The van der Waals surface area contributed by atoms with E-state index in [0.29, 0.717) is 180 Å². The fourth-order valence-electron chi connectivity index (χ4n) is 18.1. The normalized spacial score (nSPS) is 11.2. The molecular weight excluding hydrogens is 1740 g/mol. The Labute approximate surface area is 804 Å². The van der Waals surface area contributed by atoms with Crippen molar-refractivity contribution in [2.75, 3.05) is 14.2 Å². The molecule has 0 atom stereocenters. The lowest BCUT2D eigenvalue weighted by molar-refractivity contribution is 0.413. The molecule has 140 heavy (non-hydrogen) atoms. The average molecular weight is 1820 g/mol. The molecule has 0 saturated heterocycles. The van der Waals surface area contributed by atoms with Crippen LogP contribution in [0.15, 0.2) is 377 Å². The van der Waals surface area contributed by atoms with E-state index in [1.807, 2.05) is 307 Å². The van der Waals surface area contributed by atoms with Crippen LogP contribution in [0.2, 0.25) is 0 Å². The predicted octanol–water partition coefficient (Wildman–Crippen LogP) is 27.5. The SMILES string of the molecule is COc1cc(-c2ccccn2)c(O)c(-c2ccc3ccc4ccc(-c5cc(OC)cc(-c6ccccn6)c5O)nc4c3n2)c1.Cc1cc(-c2ccccn2)c(O)c(-c2cc(-c3ccccc3)c3ccc4c(-c5ccccc5)cc(-c5cc(C)cc(-c6ccccn6)c5O)nc4c3n2)c1.Cc1cc(-c2ccccn2)c(O)c(-c2ccc3ccc4ccc(-c5cc(C)cc(-c6ccccn6)c5O)nc4c3n2)c1. The van der Waals surface area contributed by atoms with E-state index in [1.165, 1.54) is 0 Å². The standard InChI is InChI=1S/C48H34N4O2.C36H26N4O4.C36H26N4O2/c1-29-23-37(41-17-9-11-21-49-41)47(53)39(25-29)43-27-35(31-13-5-3-6-14-31)33-19-20-34-36(32-15-7-4-8-16-32)28-44(52-46(34)45(33)51-43)40-26-30(2)24-38(48(40)54)42-18-10-12-22-50-42;1-43-23-17-25(29-7-3-5-15-37-29)35(41)27(19-23)31-13-11-21-9-10-22-12-14-32(40-34(22)33(21)39-31)28-20-24(44-2)18-26(36(28)42)30-8-4-6-16-38-30;1-21-17-25(29-7-3-5-15-37-29)35(41)27(19-21)31-13-11-23-9-10-24-12-14-32(40-34(24)33(23)39-31)28-20-22(2)18-26(36(28)42)30-8-4-6-16-38-30/h3-28,53-54H,1-2H3;3-20,41-42H,1-2H3;3-20,41-42H,1-2H3. The summed E-state index contributed by atoms with van der Waals surface area (Å²) in [4.78, 5) is 57.6. The molecule has 0 fully saturated rings. The van der Waals surface area contributed by atoms with Crippen LogP contribution in [0.5, 0.6) is 46.0 Å². The van der Waals surface area contributed by atoms with E-state index in [9.17, 15) is 30.6 Å². The molecule has 12 heterocycles. The van der Waals surface area contributed by atoms with Gasteiger partial charge in [0.15, 0.2) is 0 Å². The van der Waals surface area contributed by atoms with Gasteiger partial charge in [0, 0.05) is 136 Å². The first kappa shape index (κ1) is 87.8. The Morgan fingerprint density at radius 3 is 0.607 bits per heavy atom. The number of rotatable bonds is 16. The van der Waals surface area contributed by atoms with Crippen LogP contribution in [0.4, 0.5) is 0 Å². The molecule has 0 bridgehead atoms. The van der Waals surface area contributed by atoms with Gasteiger partial charge in [0.05, 0.1) is 116 Å². The molecule has 23 aromatic rings. The van der Waals surface area contributed by atoms with Crippen LogP contribution in [0.3, 0.4) is 0 Å². The largest absolute Gasteiger partial charge is 0.507 e. The number of ether oxygens (including phenoxy) is 2. The van der Waals surface area contributed by atoms with Gasteiger partial charge in [-0.3, -0.25) is 29.9 Å². The molecule has 20 heteroatoms. The van der Waals surface area contributed by atoms with E-state index in [4.69, 9.17) is 39.4 Å². The number of benzene rings is 11. The van der Waals surface area contributed by atoms with Crippen molar-refractivity contribution < 1.29 is 40.1 Å². The van der Waals surface area contributed by atoms with Crippen molar-refractivity contribution in [2.45, 2.75) is 27.7 Å². The first-order chi connectivity index (χ1) is 68.4. The second-order valence-electron chi connectivity index (χ2n) is 34.2. The summed E-state index contributed by atoms with van der Waals surface area (Å²) in [6.45, 7) is 8.01. The molecule has 674 valence electrons. The minimum absolute atomic E-state index is 0.0496. The summed E-state index contributed by atoms with van der Waals surface area (Å²) in [6.07, 6.45) is 10.2. The van der Waals surface area contributed by atoms with Crippen LogP contribution in [0, 0.1) is 27.7 Å². The molecule has 6 N–H and O–H groups in total. The number of fused-ring (bicyclic) bond motifs is 9. The molecule has 0 amide bonds. The molecular formula is C120H86N12O8. The summed E-state index contributed by atoms with van der Waals surface area (Å²) in [5, 5.41) is 74.7. The van der Waals surface area contributed by atoms with Crippen molar-refractivity contribution in [3.8, 4) is 203 Å². The number of hydrogen-bond acceptors (Lipinski definition) is 20. The summed E-state index contributed by atoms with van der Waals surface area (Å²) in [5.41, 5.74) is 26.6. The third kappa shape index (κ3) is 17.1. The number of aromatic nitrogens is 12. The van der Waals surface area contributed by atoms with E-state index in [1.54, 1.807) is 75.7 Å². The van der Waals surface area contributed by atoms with E-state index in [2.05, 4.69) is 66.3 Å². The van der Waals surface area contributed by atoms with Crippen molar-refractivity contribution in [3.63, 3.8) is 0 Å². The minimum atomic E-state index is 0.0496. The van der Waals surface area contributed by atoms with Gasteiger partial charge in [0.2, 0.25) is 0 Å². The number of nitrogens with zero attached hydrogens (tertiary/aromatic N) is 12. The zero-order chi connectivity index (χ0) is 95.8. The number of pyridine rings is 12. The number of phenolic OH excluding ortho intramolecular Hbond substituents is 6. The molecule has 0 unspecified atom stereocenters. The summed E-state index contributed by atoms with van der Waals surface area (Å²) in [7, 11) is 3.16. The summed E-state index contributed by atoms with van der Waals surface area (Å²) in [5.74, 6) is 1.71. The highest BCUT2D eigenvalue weighted by molar-refractivity contribution is 6.14. The molecule has 12 aromatic heterocycles. The first-order valence-corrected chi connectivity index (χ1v) is 45.4. The van der Waals surface area contributed by atoms with E-state index in [0.717, 1.165) is 76.8 Å². The van der Waals surface area contributed by atoms with Crippen LogP contribution < -0.4 is 9.47 Å². The quantitative estimate of drug-likeness (QED) is 0.0490. The zero-order valence-corrected chi connectivity index (χ0v) is 76.7. The maximum absolute atomic E-state index is 11.9. The van der Waals surface area contributed by atoms with E-state index >= 15 is 0 Å². The Morgan fingerprint density at radius 1 is 0.179 bits per heavy atom. The Balaban J connectivity index is 0.000000126. The molecule has 20 nitrogen and oxygen atoms in total. The highest BCUT2D eigenvalue weighted by Crippen LogP contribution is 2.50. The van der Waals surface area contributed by atoms with Crippen molar-refractivity contribution in [1.29, 1.82) is 0 Å². The van der Waals surface area contributed by atoms with Crippen LogP contribution in [-0.2, 0) is 0 Å². The third-order valence-electron chi connectivity index (χ3n) is 24.9. The fourth-order valence-corrected chi connectivity index (χ4v) is 18.1. The van der Waals surface area contributed by atoms with E-state index in [-0.39, 0.29) is 34.5 Å². The lowest BCUT2D eigenvalue weighted by atomic mass is 9.92. The summed E-state index contributed by atoms with van der Waals surface area (Å²) >= 11 is 0. The predicted molar refractivity (Wildman–Crippen MR) is 556 cm³/mol. The lowest BCUT2D eigenvalue weighted by Gasteiger charge is -2.17. The maximum atomic E-state index is 11.9. The van der Waals surface area contributed by atoms with Gasteiger partial charge in [0.1, 0.15) is 46.0 Å². The highest BCUT2D eigenvalue weighted by atomic mass is 16.5. The maximum Gasteiger partial charge on any atom is 0.134 e. The number of hydrogen-bond donors (Lipinski definition) is 6. The van der Waals surface area contributed by atoms with Crippen LogP contribution in [0.25, 0.3) is 223 Å². The zero-order valence-electron chi connectivity index (χ0n) is 76.7. The summed E-state index contributed by atoms with van der Waals surface area (Å²) < 4.78 is 11.1. The molecule has 0 aliphatic carbocycles. The Hall–Kier alpha value is -18.8. The minimum Gasteiger partial charge on any atom is -0.507 e. The Morgan fingerprint density at radius 2 is 0.379 bits per heavy atom. The van der Waals surface area contributed by atoms with Crippen LogP contribution in [0.1, 0.15) is 22.3 Å². The van der Waals surface area contributed by atoms with Crippen molar-refractivity contribution in [2.24, 2.45) is 0 Å². The lowest BCUT2D eigenvalue weighted by Crippen LogP contribution is -1.97. The molecule has 0 radical (unpaired) electrons. The van der Waals surface area contributed by atoms with Crippen LogP contribution in [-0.4, -0.2) is 105 Å². The van der Waals surface area contributed by atoms with Crippen molar-refractivity contribution in [3.05, 3.63) is 399 Å². The van der Waals surface area contributed by atoms with Gasteiger partial charge in [-0.2, -0.15) is 0 Å². The van der Waals surface area contributed by atoms with Gasteiger partial charge in [-0.05, 0) is 254 Å². The number of aromatic hydroxyl groups is 6. The smallest absolute Gasteiger partial charge is 0.134 e. The molecule has 0 aliphatic rings. The van der Waals surface area contributed by atoms with Gasteiger partial charge in [-0.25, -0.2) is 29.9 Å². The van der Waals surface area contributed by atoms with Gasteiger partial charge < -0.3 is 40.1 Å².